The number of benzene rings is 1. The highest BCUT2D eigenvalue weighted by Gasteiger charge is 2.13. The van der Waals surface area contributed by atoms with Crippen molar-refractivity contribution in [2.24, 2.45) is 0 Å². The molecule has 1 rings (SSSR count). The van der Waals surface area contributed by atoms with Gasteiger partial charge in [0.2, 0.25) is 0 Å². The van der Waals surface area contributed by atoms with Gasteiger partial charge in [-0.25, -0.2) is 0 Å². The Labute approximate surface area is 90.6 Å². The lowest BCUT2D eigenvalue weighted by atomic mass is 10.2. The molecule has 0 aliphatic carbocycles. The number of methoxy groups -OCH3 is 1. The minimum absolute atomic E-state index is 0.217. The molecule has 0 fully saturated rings. The van der Waals surface area contributed by atoms with Crippen LogP contribution in [0.1, 0.15) is 12.5 Å². The number of hydrogen-bond acceptors (Lipinski definition) is 3. The van der Waals surface area contributed by atoms with Crippen molar-refractivity contribution in [3.63, 3.8) is 0 Å². The van der Waals surface area contributed by atoms with Crippen molar-refractivity contribution in [2.75, 3.05) is 13.7 Å². The van der Waals surface area contributed by atoms with Crippen molar-refractivity contribution in [3.8, 4) is 0 Å². The van der Waals surface area contributed by atoms with E-state index in [4.69, 9.17) is 9.47 Å². The Hall–Kier alpha value is -0.900. The van der Waals surface area contributed by atoms with Gasteiger partial charge in [-0.05, 0) is 12.5 Å². The maximum atomic E-state index is 9.55. The third-order valence-electron chi connectivity index (χ3n) is 2.24. The standard InChI is InChI=1S/C12H18O3/c1-10(12(13)9-14-2)15-8-11-6-4-3-5-7-11/h3-7,10,12-13H,8-9H2,1-2H3/t10-,12-/m1/s1. The lowest BCUT2D eigenvalue weighted by molar-refractivity contribution is -0.0623. The van der Waals surface area contributed by atoms with Crippen molar-refractivity contribution in [1.29, 1.82) is 0 Å². The molecular formula is C12H18O3. The Morgan fingerprint density at radius 3 is 2.53 bits per heavy atom. The highest BCUT2D eigenvalue weighted by Crippen LogP contribution is 2.06. The van der Waals surface area contributed by atoms with Crippen molar-refractivity contribution >= 4 is 0 Å². The first-order valence-corrected chi connectivity index (χ1v) is 5.06. The molecule has 0 aliphatic rings. The minimum atomic E-state index is -0.571. The molecule has 2 atom stereocenters. The van der Waals surface area contributed by atoms with Gasteiger partial charge in [0.05, 0.1) is 19.3 Å². The SMILES string of the molecule is COC[C@@H](O)[C@@H](C)OCc1ccccc1. The van der Waals surface area contributed by atoms with Crippen LogP contribution in [-0.2, 0) is 16.1 Å². The van der Waals surface area contributed by atoms with Crippen molar-refractivity contribution in [2.45, 2.75) is 25.7 Å². The van der Waals surface area contributed by atoms with Crippen LogP contribution in [0.5, 0.6) is 0 Å². The van der Waals surface area contributed by atoms with Gasteiger partial charge >= 0.3 is 0 Å². The smallest absolute Gasteiger partial charge is 0.103 e. The summed E-state index contributed by atoms with van der Waals surface area (Å²) < 4.78 is 10.4. The first-order chi connectivity index (χ1) is 7.24. The maximum Gasteiger partial charge on any atom is 0.103 e. The predicted octanol–water partition coefficient (Wildman–Crippen LogP) is 1.60. The first kappa shape index (κ1) is 12.2. The molecule has 1 aromatic rings. The van der Waals surface area contributed by atoms with Gasteiger partial charge < -0.3 is 14.6 Å². The Morgan fingerprint density at radius 2 is 1.93 bits per heavy atom. The zero-order valence-corrected chi connectivity index (χ0v) is 9.22. The second kappa shape index (κ2) is 6.56. The Balaban J connectivity index is 2.31. The molecule has 1 aromatic carbocycles. The third-order valence-corrected chi connectivity index (χ3v) is 2.24. The molecule has 0 spiro atoms. The van der Waals surface area contributed by atoms with Gasteiger partial charge in [0.1, 0.15) is 6.10 Å². The predicted molar refractivity (Wildman–Crippen MR) is 58.6 cm³/mol. The van der Waals surface area contributed by atoms with Crippen molar-refractivity contribution in [1.82, 2.24) is 0 Å². The normalized spacial score (nSPS) is 14.9. The molecule has 0 radical (unpaired) electrons. The van der Waals surface area contributed by atoms with E-state index >= 15 is 0 Å². The van der Waals surface area contributed by atoms with E-state index < -0.39 is 6.10 Å². The fourth-order valence-electron chi connectivity index (χ4n) is 1.22. The van der Waals surface area contributed by atoms with Crippen LogP contribution in [-0.4, -0.2) is 31.0 Å². The summed E-state index contributed by atoms with van der Waals surface area (Å²) in [6, 6.07) is 9.89. The van der Waals surface area contributed by atoms with Crippen LogP contribution in [0, 0.1) is 0 Å². The van der Waals surface area contributed by atoms with Crippen LogP contribution in [0.3, 0.4) is 0 Å². The zero-order chi connectivity index (χ0) is 11.1. The topological polar surface area (TPSA) is 38.7 Å². The van der Waals surface area contributed by atoms with Crippen LogP contribution in [0.15, 0.2) is 30.3 Å². The number of aliphatic hydroxyl groups is 1. The molecule has 0 saturated carbocycles. The van der Waals surface area contributed by atoms with Gasteiger partial charge in [-0.1, -0.05) is 30.3 Å². The fraction of sp³-hybridized carbons (Fsp3) is 0.500. The number of aliphatic hydroxyl groups excluding tert-OH is 1. The van der Waals surface area contributed by atoms with E-state index in [1.807, 2.05) is 37.3 Å². The van der Waals surface area contributed by atoms with Crippen LogP contribution < -0.4 is 0 Å². The number of hydrogen-bond donors (Lipinski definition) is 1. The summed E-state index contributed by atoms with van der Waals surface area (Å²) in [5.74, 6) is 0. The van der Waals surface area contributed by atoms with Gasteiger partial charge in [0, 0.05) is 7.11 Å². The summed E-state index contributed by atoms with van der Waals surface area (Å²) in [7, 11) is 1.56. The number of rotatable bonds is 6. The van der Waals surface area contributed by atoms with E-state index in [9.17, 15) is 5.11 Å². The van der Waals surface area contributed by atoms with Gasteiger partial charge in [0.25, 0.3) is 0 Å². The van der Waals surface area contributed by atoms with E-state index in [2.05, 4.69) is 0 Å². The van der Waals surface area contributed by atoms with Gasteiger partial charge in [-0.3, -0.25) is 0 Å². The Kier molecular flexibility index (Phi) is 5.32. The van der Waals surface area contributed by atoms with Crippen molar-refractivity contribution < 1.29 is 14.6 Å². The largest absolute Gasteiger partial charge is 0.388 e. The lowest BCUT2D eigenvalue weighted by Crippen LogP contribution is -2.29. The quantitative estimate of drug-likeness (QED) is 0.775. The van der Waals surface area contributed by atoms with Gasteiger partial charge in [0.15, 0.2) is 0 Å². The van der Waals surface area contributed by atoms with E-state index in [0.29, 0.717) is 13.2 Å². The van der Waals surface area contributed by atoms with E-state index in [-0.39, 0.29) is 6.10 Å². The van der Waals surface area contributed by atoms with E-state index in [0.717, 1.165) is 5.56 Å². The highest BCUT2D eigenvalue weighted by molar-refractivity contribution is 5.13. The molecule has 0 aliphatic heterocycles. The zero-order valence-electron chi connectivity index (χ0n) is 9.22. The summed E-state index contributed by atoms with van der Waals surface area (Å²) in [5.41, 5.74) is 1.11. The number of ether oxygens (including phenoxy) is 2. The molecule has 3 heteroatoms. The average molecular weight is 210 g/mol. The molecule has 3 nitrogen and oxygen atoms in total. The molecule has 0 bridgehead atoms. The second-order valence-corrected chi connectivity index (χ2v) is 3.52. The summed E-state index contributed by atoms with van der Waals surface area (Å²) in [6.45, 7) is 2.66. The summed E-state index contributed by atoms with van der Waals surface area (Å²) in [4.78, 5) is 0. The van der Waals surface area contributed by atoms with E-state index in [1.165, 1.54) is 0 Å². The van der Waals surface area contributed by atoms with E-state index in [1.54, 1.807) is 7.11 Å². The Morgan fingerprint density at radius 1 is 1.27 bits per heavy atom. The lowest BCUT2D eigenvalue weighted by Gasteiger charge is -2.18. The highest BCUT2D eigenvalue weighted by atomic mass is 16.5. The Bertz CT molecular complexity index is 261. The maximum absolute atomic E-state index is 9.55. The van der Waals surface area contributed by atoms with Crippen LogP contribution in [0.4, 0.5) is 0 Å². The van der Waals surface area contributed by atoms with Crippen molar-refractivity contribution in [3.05, 3.63) is 35.9 Å². The molecule has 1 N–H and O–H groups in total. The van der Waals surface area contributed by atoms with Crippen LogP contribution in [0.2, 0.25) is 0 Å². The fourth-order valence-corrected chi connectivity index (χ4v) is 1.22. The van der Waals surface area contributed by atoms with Gasteiger partial charge in [-0.15, -0.1) is 0 Å². The average Bonchev–Trinajstić information content (AvgIpc) is 2.27. The second-order valence-electron chi connectivity index (χ2n) is 3.52. The molecule has 0 heterocycles. The molecule has 15 heavy (non-hydrogen) atoms. The molecule has 0 aromatic heterocycles. The minimum Gasteiger partial charge on any atom is -0.388 e. The molecule has 84 valence electrons. The van der Waals surface area contributed by atoms with Crippen LogP contribution >= 0.6 is 0 Å². The molecule has 0 saturated heterocycles. The monoisotopic (exact) mass is 210 g/mol. The summed E-state index contributed by atoms with van der Waals surface area (Å²) in [5, 5.41) is 9.55. The summed E-state index contributed by atoms with van der Waals surface area (Å²) >= 11 is 0. The van der Waals surface area contributed by atoms with Gasteiger partial charge in [-0.2, -0.15) is 0 Å². The molecular weight excluding hydrogens is 192 g/mol. The summed E-state index contributed by atoms with van der Waals surface area (Å²) in [6.07, 6.45) is -0.788. The molecule has 0 unspecified atom stereocenters. The molecule has 0 amide bonds. The third kappa shape index (κ3) is 4.42. The first-order valence-electron chi connectivity index (χ1n) is 5.06. The van der Waals surface area contributed by atoms with Crippen LogP contribution in [0.25, 0.3) is 0 Å².